The van der Waals surface area contributed by atoms with Gasteiger partial charge in [0.25, 0.3) is 0 Å². The summed E-state index contributed by atoms with van der Waals surface area (Å²) in [5.41, 5.74) is 6.04. The first-order valence-corrected chi connectivity index (χ1v) is 10.0. The molecule has 2 rings (SSSR count). The van der Waals surface area contributed by atoms with Crippen LogP contribution in [0.5, 0.6) is 0 Å². The topological polar surface area (TPSA) is 72.2 Å². The van der Waals surface area contributed by atoms with Crippen LogP contribution in [-0.2, 0) is 10.0 Å². The first-order chi connectivity index (χ1) is 9.83. The van der Waals surface area contributed by atoms with Crippen molar-refractivity contribution in [3.8, 4) is 0 Å². The minimum atomic E-state index is -3.67. The first-order valence-electron chi connectivity index (χ1n) is 6.48. The molecule has 0 radical (unpaired) electrons. The van der Waals surface area contributed by atoms with Gasteiger partial charge in [0.2, 0.25) is 10.0 Å². The minimum absolute atomic E-state index is 0.0297. The molecule has 0 bridgehead atoms. The smallest absolute Gasteiger partial charge is 0.242 e. The molecule has 2 atom stereocenters. The van der Waals surface area contributed by atoms with E-state index in [-0.39, 0.29) is 20.9 Å². The zero-order valence-corrected chi connectivity index (χ0v) is 14.7. The Labute approximate surface area is 139 Å². The highest BCUT2D eigenvalue weighted by molar-refractivity contribution is 7.99. The highest BCUT2D eigenvalue weighted by Gasteiger charge is 2.29. The summed E-state index contributed by atoms with van der Waals surface area (Å²) in [6, 6.07) is 4.50. The van der Waals surface area contributed by atoms with Crippen molar-refractivity contribution in [2.24, 2.45) is 5.73 Å². The molecule has 0 saturated heterocycles. The van der Waals surface area contributed by atoms with E-state index in [0.29, 0.717) is 10.8 Å². The largest absolute Gasteiger partial charge is 0.389 e. The molecular weight excluding hydrogens is 348 g/mol. The lowest BCUT2D eigenvalue weighted by molar-refractivity contribution is 0.552. The fraction of sp³-hybridized carbons (Fsp3) is 0.462. The molecule has 1 aliphatic carbocycles. The van der Waals surface area contributed by atoms with Crippen molar-refractivity contribution in [3.63, 3.8) is 0 Å². The monoisotopic (exact) mass is 364 g/mol. The van der Waals surface area contributed by atoms with Gasteiger partial charge < -0.3 is 5.73 Å². The van der Waals surface area contributed by atoms with E-state index in [1.807, 2.05) is 6.26 Å². The van der Waals surface area contributed by atoms with E-state index in [1.54, 1.807) is 17.8 Å². The first kappa shape index (κ1) is 17.0. The summed E-state index contributed by atoms with van der Waals surface area (Å²) < 4.78 is 27.7. The van der Waals surface area contributed by atoms with Crippen molar-refractivity contribution in [1.29, 1.82) is 0 Å². The molecule has 1 aromatic rings. The average molecular weight is 365 g/mol. The van der Waals surface area contributed by atoms with Crippen LogP contribution in [0.4, 0.5) is 0 Å². The van der Waals surface area contributed by atoms with Crippen LogP contribution in [0.25, 0.3) is 0 Å². The number of nitrogens with one attached hydrogen (secondary N) is 1. The van der Waals surface area contributed by atoms with Crippen molar-refractivity contribution in [2.75, 3.05) is 6.26 Å². The maximum absolute atomic E-state index is 12.5. The van der Waals surface area contributed by atoms with Gasteiger partial charge >= 0.3 is 0 Å². The number of rotatable bonds is 5. The standard InChI is InChI=1S/C13H17ClN2O2S3/c1-20-10-4-3-9(7-10)16-21(17,18)12-6-8(13(15)19)2-5-11(12)14/h2,5-6,9-10,16H,3-4,7H2,1H3,(H2,15,19). The van der Waals surface area contributed by atoms with E-state index in [0.717, 1.165) is 19.3 Å². The molecule has 2 unspecified atom stereocenters. The number of thiocarbonyl (C=S) groups is 1. The second-order valence-corrected chi connectivity index (χ2v) is 8.67. The van der Waals surface area contributed by atoms with Gasteiger partial charge in [-0.2, -0.15) is 11.8 Å². The van der Waals surface area contributed by atoms with E-state index < -0.39 is 10.0 Å². The van der Waals surface area contributed by atoms with Crippen molar-refractivity contribution in [2.45, 2.75) is 35.4 Å². The Bertz CT molecular complexity index is 649. The molecule has 4 nitrogen and oxygen atoms in total. The molecular formula is C13H17ClN2O2S3. The zero-order chi connectivity index (χ0) is 15.6. The number of halogens is 1. The summed E-state index contributed by atoms with van der Waals surface area (Å²) in [6.45, 7) is 0. The van der Waals surface area contributed by atoms with Crippen LogP contribution in [0.3, 0.4) is 0 Å². The van der Waals surface area contributed by atoms with Crippen LogP contribution in [-0.4, -0.2) is 31.0 Å². The normalized spacial score (nSPS) is 22.4. The predicted molar refractivity (Wildman–Crippen MR) is 92.6 cm³/mol. The molecule has 0 heterocycles. The Morgan fingerprint density at radius 3 is 2.76 bits per heavy atom. The van der Waals surface area contributed by atoms with Gasteiger partial charge in [0, 0.05) is 16.9 Å². The number of benzene rings is 1. The Morgan fingerprint density at radius 1 is 1.48 bits per heavy atom. The van der Waals surface area contributed by atoms with Crippen LogP contribution < -0.4 is 10.5 Å². The molecule has 0 spiro atoms. The van der Waals surface area contributed by atoms with Gasteiger partial charge in [-0.15, -0.1) is 0 Å². The highest BCUT2D eigenvalue weighted by Crippen LogP contribution is 2.30. The average Bonchev–Trinajstić information content (AvgIpc) is 2.85. The Kier molecular flexibility index (Phi) is 5.54. The third-order valence-corrected chi connectivity index (χ3v) is 6.88. The molecule has 3 N–H and O–H groups in total. The van der Waals surface area contributed by atoms with Gasteiger partial charge in [-0.3, -0.25) is 0 Å². The SMILES string of the molecule is CSC1CCC(NS(=O)(=O)c2cc(C(N)=S)ccc2Cl)C1. The van der Waals surface area contributed by atoms with E-state index in [9.17, 15) is 8.42 Å². The molecule has 8 heteroatoms. The van der Waals surface area contributed by atoms with Gasteiger partial charge in [0.1, 0.15) is 9.88 Å². The van der Waals surface area contributed by atoms with Gasteiger partial charge in [0.15, 0.2) is 0 Å². The van der Waals surface area contributed by atoms with Gasteiger partial charge in [-0.05, 0) is 37.7 Å². The number of sulfonamides is 1. The quantitative estimate of drug-likeness (QED) is 0.785. The second-order valence-electron chi connectivity index (χ2n) is 5.00. The maximum atomic E-state index is 12.5. The number of nitrogens with two attached hydrogens (primary N) is 1. The third-order valence-electron chi connectivity index (χ3n) is 3.54. The van der Waals surface area contributed by atoms with Gasteiger partial charge in [-0.1, -0.05) is 29.9 Å². The van der Waals surface area contributed by atoms with E-state index in [1.165, 1.54) is 12.1 Å². The fourth-order valence-corrected chi connectivity index (χ4v) is 5.14. The molecule has 0 aliphatic heterocycles. The van der Waals surface area contributed by atoms with Gasteiger partial charge in [-0.25, -0.2) is 13.1 Å². The van der Waals surface area contributed by atoms with Gasteiger partial charge in [0.05, 0.1) is 5.02 Å². The lowest BCUT2D eigenvalue weighted by Crippen LogP contribution is -2.33. The summed E-state index contributed by atoms with van der Waals surface area (Å²) >= 11 is 12.7. The molecule has 1 aliphatic rings. The Hall–Kier alpha value is -0.340. The minimum Gasteiger partial charge on any atom is -0.389 e. The van der Waals surface area contributed by atoms with E-state index in [4.69, 9.17) is 29.6 Å². The fourth-order valence-electron chi connectivity index (χ4n) is 2.41. The van der Waals surface area contributed by atoms with Crippen LogP contribution in [0.15, 0.2) is 23.1 Å². The summed E-state index contributed by atoms with van der Waals surface area (Å²) in [5.74, 6) is 0. The van der Waals surface area contributed by atoms with Crippen LogP contribution >= 0.6 is 35.6 Å². The summed E-state index contributed by atoms with van der Waals surface area (Å²) in [4.78, 5) is 0.175. The lowest BCUT2D eigenvalue weighted by Gasteiger charge is -2.15. The van der Waals surface area contributed by atoms with Crippen molar-refractivity contribution < 1.29 is 8.42 Å². The zero-order valence-electron chi connectivity index (χ0n) is 11.5. The lowest BCUT2D eigenvalue weighted by atomic mass is 10.2. The van der Waals surface area contributed by atoms with E-state index >= 15 is 0 Å². The van der Waals surface area contributed by atoms with Crippen molar-refractivity contribution >= 4 is 50.6 Å². The van der Waals surface area contributed by atoms with Crippen LogP contribution in [0, 0.1) is 0 Å². The highest BCUT2D eigenvalue weighted by atomic mass is 35.5. The number of thioether (sulfide) groups is 1. The summed E-state index contributed by atoms with van der Waals surface area (Å²) in [7, 11) is -3.67. The summed E-state index contributed by atoms with van der Waals surface area (Å²) in [5, 5.41) is 0.679. The molecule has 1 aromatic carbocycles. The molecule has 1 fully saturated rings. The van der Waals surface area contributed by atoms with E-state index in [2.05, 4.69) is 4.72 Å². The van der Waals surface area contributed by atoms with Crippen LogP contribution in [0.2, 0.25) is 5.02 Å². The predicted octanol–water partition coefficient (Wildman–Crippen LogP) is 2.54. The Morgan fingerprint density at radius 2 is 2.19 bits per heavy atom. The molecule has 1 saturated carbocycles. The number of hydrogen-bond donors (Lipinski definition) is 2. The molecule has 21 heavy (non-hydrogen) atoms. The third kappa shape index (κ3) is 4.10. The van der Waals surface area contributed by atoms with Crippen LogP contribution in [0.1, 0.15) is 24.8 Å². The number of hydrogen-bond acceptors (Lipinski definition) is 4. The molecule has 0 amide bonds. The van der Waals surface area contributed by atoms with Crippen molar-refractivity contribution in [3.05, 3.63) is 28.8 Å². The maximum Gasteiger partial charge on any atom is 0.242 e. The molecule has 0 aromatic heterocycles. The Balaban J connectivity index is 2.23. The molecule has 116 valence electrons. The second kappa shape index (κ2) is 6.83. The summed E-state index contributed by atoms with van der Waals surface area (Å²) in [6.07, 6.45) is 4.75. The van der Waals surface area contributed by atoms with Crippen molar-refractivity contribution in [1.82, 2.24) is 4.72 Å².